The molecule has 7 nitrogen and oxygen atoms in total. The second-order valence-corrected chi connectivity index (χ2v) is 9.34. The smallest absolute Gasteiger partial charge is 0.510 e. The fourth-order valence-corrected chi connectivity index (χ4v) is 5.22. The molecule has 0 saturated heterocycles. The van der Waals surface area contributed by atoms with Crippen molar-refractivity contribution in [3.05, 3.63) is 144 Å². The summed E-state index contributed by atoms with van der Waals surface area (Å²) in [7, 11) is -0.602. The number of esters is 1. The van der Waals surface area contributed by atoms with Gasteiger partial charge in [0.05, 0.1) is 12.6 Å². The largest absolute Gasteiger partial charge is 0.707 e. The summed E-state index contributed by atoms with van der Waals surface area (Å²) >= 11 is 0. The lowest BCUT2D eigenvalue weighted by Crippen LogP contribution is -2.53. The van der Waals surface area contributed by atoms with Gasteiger partial charge in [-0.05, 0) is 40.8 Å². The van der Waals surface area contributed by atoms with Crippen LogP contribution in [0.4, 0.5) is 0 Å². The first-order chi connectivity index (χ1) is 19.5. The fraction of sp³-hybridized carbons (Fsp3) is 0.125. The third-order valence-corrected chi connectivity index (χ3v) is 6.98. The SMILES string of the molecule is COC(=O)[C@H](Cc1ccc(OB(O)O)c2ncccc12)NC(c1ccccc1)(c1ccccc1)c1ccccc1. The Morgan fingerprint density at radius 1 is 0.825 bits per heavy atom. The van der Waals surface area contributed by atoms with E-state index in [1.54, 1.807) is 24.4 Å². The molecule has 200 valence electrons. The van der Waals surface area contributed by atoms with E-state index in [1.165, 1.54) is 7.11 Å². The van der Waals surface area contributed by atoms with Gasteiger partial charge in [0.2, 0.25) is 0 Å². The van der Waals surface area contributed by atoms with Gasteiger partial charge in [-0.1, -0.05) is 103 Å². The van der Waals surface area contributed by atoms with E-state index in [2.05, 4.69) is 10.3 Å². The molecule has 0 bridgehead atoms. The Balaban J connectivity index is 1.66. The molecule has 0 radical (unpaired) electrons. The number of aromatic nitrogens is 1. The van der Waals surface area contributed by atoms with Crippen molar-refractivity contribution in [2.24, 2.45) is 0 Å². The lowest BCUT2D eigenvalue weighted by atomic mass is 9.76. The molecular weight excluding hydrogens is 503 g/mol. The van der Waals surface area contributed by atoms with Crippen molar-refractivity contribution < 1.29 is 24.2 Å². The first kappa shape index (κ1) is 27.1. The van der Waals surface area contributed by atoms with Gasteiger partial charge in [0.15, 0.2) is 0 Å². The van der Waals surface area contributed by atoms with Crippen molar-refractivity contribution >= 4 is 24.2 Å². The number of hydrogen-bond donors (Lipinski definition) is 3. The van der Waals surface area contributed by atoms with Gasteiger partial charge in [0.25, 0.3) is 0 Å². The number of pyridine rings is 1. The Morgan fingerprint density at radius 3 is 1.88 bits per heavy atom. The van der Waals surface area contributed by atoms with Gasteiger partial charge in [-0.25, -0.2) is 0 Å². The van der Waals surface area contributed by atoms with Gasteiger partial charge in [-0.15, -0.1) is 0 Å². The van der Waals surface area contributed by atoms with E-state index >= 15 is 0 Å². The number of ether oxygens (including phenoxy) is 1. The maximum Gasteiger partial charge on any atom is 0.707 e. The second-order valence-electron chi connectivity index (χ2n) is 9.34. The van der Waals surface area contributed by atoms with Gasteiger partial charge in [-0.3, -0.25) is 15.1 Å². The van der Waals surface area contributed by atoms with Gasteiger partial charge in [0.1, 0.15) is 17.3 Å². The van der Waals surface area contributed by atoms with Crippen molar-refractivity contribution in [3.63, 3.8) is 0 Å². The minimum absolute atomic E-state index is 0.226. The number of nitrogens with zero attached hydrogens (tertiary/aromatic N) is 1. The Labute approximate surface area is 233 Å². The molecule has 4 aromatic carbocycles. The molecule has 3 N–H and O–H groups in total. The molecule has 40 heavy (non-hydrogen) atoms. The molecule has 5 aromatic rings. The van der Waals surface area contributed by atoms with E-state index in [1.807, 2.05) is 97.1 Å². The van der Waals surface area contributed by atoms with Crippen LogP contribution in [0, 0.1) is 0 Å². The zero-order valence-electron chi connectivity index (χ0n) is 22.0. The predicted molar refractivity (Wildman–Crippen MR) is 154 cm³/mol. The maximum absolute atomic E-state index is 13.4. The van der Waals surface area contributed by atoms with Crippen LogP contribution in [0.15, 0.2) is 121 Å². The Bertz CT molecular complexity index is 1470. The van der Waals surface area contributed by atoms with Crippen LogP contribution >= 0.6 is 0 Å². The van der Waals surface area contributed by atoms with Crippen molar-refractivity contribution in [2.45, 2.75) is 18.0 Å². The Kier molecular flexibility index (Phi) is 8.22. The Hall–Kier alpha value is -4.50. The highest BCUT2D eigenvalue weighted by molar-refractivity contribution is 6.34. The Morgan fingerprint density at radius 2 is 1.38 bits per heavy atom. The number of methoxy groups -OCH3 is 1. The van der Waals surface area contributed by atoms with Crippen LogP contribution in [0.25, 0.3) is 10.9 Å². The summed E-state index contributed by atoms with van der Waals surface area (Å²) in [5.41, 5.74) is 3.28. The highest BCUT2D eigenvalue weighted by atomic mass is 16.6. The minimum Gasteiger partial charge on any atom is -0.510 e. The third kappa shape index (κ3) is 5.46. The molecule has 0 fully saturated rings. The highest BCUT2D eigenvalue weighted by Gasteiger charge is 2.40. The average Bonchev–Trinajstić information content (AvgIpc) is 3.01. The van der Waals surface area contributed by atoms with Crippen LogP contribution in [0.1, 0.15) is 22.3 Å². The number of carbonyl (C=O) groups is 1. The summed E-state index contributed by atoms with van der Waals surface area (Å²) in [6.07, 6.45) is 1.87. The van der Waals surface area contributed by atoms with E-state index in [9.17, 15) is 14.8 Å². The van der Waals surface area contributed by atoms with E-state index in [0.717, 1.165) is 27.6 Å². The maximum atomic E-state index is 13.4. The van der Waals surface area contributed by atoms with Gasteiger partial charge in [-0.2, -0.15) is 0 Å². The molecule has 0 saturated carbocycles. The summed E-state index contributed by atoms with van der Waals surface area (Å²) in [5.74, 6) is -0.195. The predicted octanol–water partition coefficient (Wildman–Crippen LogP) is 4.25. The lowest BCUT2D eigenvalue weighted by molar-refractivity contribution is -0.143. The normalized spacial score (nSPS) is 12.1. The van der Waals surface area contributed by atoms with Crippen LogP contribution < -0.4 is 9.97 Å². The molecule has 5 rings (SSSR count). The first-order valence-electron chi connectivity index (χ1n) is 12.9. The number of nitrogens with one attached hydrogen (secondary N) is 1. The van der Waals surface area contributed by atoms with Crippen LogP contribution in [0.3, 0.4) is 0 Å². The summed E-state index contributed by atoms with van der Waals surface area (Å²) in [6, 6.07) is 36.4. The summed E-state index contributed by atoms with van der Waals surface area (Å²) < 4.78 is 10.5. The van der Waals surface area contributed by atoms with Crippen LogP contribution in [0.5, 0.6) is 5.75 Å². The molecule has 1 heterocycles. The molecule has 0 unspecified atom stereocenters. The van der Waals surface area contributed by atoms with E-state index in [0.29, 0.717) is 5.52 Å². The fourth-order valence-electron chi connectivity index (χ4n) is 5.22. The monoisotopic (exact) mass is 532 g/mol. The molecule has 1 atom stereocenters. The summed E-state index contributed by atoms with van der Waals surface area (Å²) in [5, 5.41) is 23.2. The number of fused-ring (bicyclic) bond motifs is 1. The average molecular weight is 532 g/mol. The van der Waals surface area contributed by atoms with Crippen LogP contribution in [-0.2, 0) is 21.5 Å². The van der Waals surface area contributed by atoms with Crippen LogP contribution in [-0.4, -0.2) is 41.5 Å². The van der Waals surface area contributed by atoms with Crippen molar-refractivity contribution in [1.82, 2.24) is 10.3 Å². The van der Waals surface area contributed by atoms with E-state index in [4.69, 9.17) is 9.39 Å². The quantitative estimate of drug-likeness (QED) is 0.141. The standard InChI is InChI=1S/C32H29BN2O5/c1-39-31(36)28(22-23-19-20-29(40-33(37)38)30-27(23)18-11-21-34-30)35-32(24-12-5-2-6-13-24,25-14-7-3-8-15-25)26-16-9-4-10-17-26/h2-21,28,35,37-38H,22H2,1H3/t28-/m0/s1. The molecule has 0 aliphatic rings. The molecule has 8 heteroatoms. The van der Waals surface area contributed by atoms with Crippen LogP contribution in [0.2, 0.25) is 0 Å². The zero-order valence-corrected chi connectivity index (χ0v) is 22.0. The minimum atomic E-state index is -1.98. The number of hydrogen-bond acceptors (Lipinski definition) is 7. The van der Waals surface area contributed by atoms with Crippen molar-refractivity contribution in [3.8, 4) is 5.75 Å². The molecule has 0 spiro atoms. The zero-order chi connectivity index (χ0) is 28.0. The molecule has 0 amide bonds. The molecule has 0 aliphatic carbocycles. The summed E-state index contributed by atoms with van der Waals surface area (Å²) in [4.78, 5) is 17.8. The number of carbonyl (C=O) groups excluding carboxylic acids is 1. The topological polar surface area (TPSA) is 101 Å². The van der Waals surface area contributed by atoms with E-state index in [-0.39, 0.29) is 12.2 Å². The van der Waals surface area contributed by atoms with Crippen molar-refractivity contribution in [2.75, 3.05) is 7.11 Å². The first-order valence-corrected chi connectivity index (χ1v) is 12.9. The molecule has 0 aliphatic heterocycles. The molecule has 1 aromatic heterocycles. The van der Waals surface area contributed by atoms with Gasteiger partial charge >= 0.3 is 13.3 Å². The second kappa shape index (κ2) is 12.1. The molecular formula is C32H29BN2O5. The third-order valence-electron chi connectivity index (χ3n) is 6.98. The summed E-state index contributed by atoms with van der Waals surface area (Å²) in [6.45, 7) is 0. The van der Waals surface area contributed by atoms with Crippen molar-refractivity contribution in [1.29, 1.82) is 0 Å². The van der Waals surface area contributed by atoms with Gasteiger partial charge in [0, 0.05) is 11.6 Å². The van der Waals surface area contributed by atoms with E-state index < -0.39 is 24.9 Å². The highest BCUT2D eigenvalue weighted by Crippen LogP contribution is 2.38. The number of rotatable bonds is 10. The lowest BCUT2D eigenvalue weighted by Gasteiger charge is -2.39. The van der Waals surface area contributed by atoms with Gasteiger partial charge < -0.3 is 19.4 Å². The number of benzene rings is 4.